The second-order valence-corrected chi connectivity index (χ2v) is 5.76. The first-order valence-electron chi connectivity index (χ1n) is 6.69. The van der Waals surface area contributed by atoms with Crippen LogP contribution in [0, 0.1) is 5.92 Å². The molecule has 0 bridgehead atoms. The Balaban J connectivity index is 2.10. The van der Waals surface area contributed by atoms with Gasteiger partial charge in [-0.25, -0.2) is 0 Å². The van der Waals surface area contributed by atoms with Crippen molar-refractivity contribution in [3.63, 3.8) is 0 Å². The van der Waals surface area contributed by atoms with Crippen molar-refractivity contribution in [1.29, 1.82) is 0 Å². The molecule has 2 N–H and O–H groups in total. The van der Waals surface area contributed by atoms with Crippen LogP contribution in [0.5, 0.6) is 0 Å². The number of halogens is 1. The zero-order chi connectivity index (χ0) is 12.3. The van der Waals surface area contributed by atoms with Gasteiger partial charge < -0.3 is 5.73 Å². The summed E-state index contributed by atoms with van der Waals surface area (Å²) in [4.78, 5) is 0. The number of rotatable bonds is 3. The highest BCUT2D eigenvalue weighted by Gasteiger charge is 2.21. The Morgan fingerprint density at radius 1 is 1.24 bits per heavy atom. The zero-order valence-corrected chi connectivity index (χ0v) is 11.3. The minimum absolute atomic E-state index is 0.672. The van der Waals surface area contributed by atoms with Crippen molar-refractivity contribution in [3.05, 3.63) is 34.3 Å². The van der Waals surface area contributed by atoms with Gasteiger partial charge in [-0.05, 0) is 54.8 Å². The maximum atomic E-state index is 6.39. The molecule has 1 fully saturated rings. The fourth-order valence-corrected chi connectivity index (χ4v) is 3.15. The smallest absolute Gasteiger partial charge is 0.0443 e. The third kappa shape index (κ3) is 3.23. The van der Waals surface area contributed by atoms with E-state index in [4.69, 9.17) is 17.3 Å². The molecule has 0 radical (unpaired) electrons. The first-order valence-corrected chi connectivity index (χ1v) is 7.07. The van der Waals surface area contributed by atoms with Crippen LogP contribution in [0.1, 0.15) is 49.7 Å². The third-order valence-corrected chi connectivity index (χ3v) is 4.28. The van der Waals surface area contributed by atoms with Crippen LogP contribution in [0.2, 0.25) is 5.02 Å². The molecule has 1 aromatic carbocycles. The van der Waals surface area contributed by atoms with E-state index >= 15 is 0 Å². The summed E-state index contributed by atoms with van der Waals surface area (Å²) >= 11 is 6.39. The van der Waals surface area contributed by atoms with Gasteiger partial charge in [0, 0.05) is 5.02 Å². The lowest BCUT2D eigenvalue weighted by Crippen LogP contribution is -2.11. The summed E-state index contributed by atoms with van der Waals surface area (Å²) in [6.07, 6.45) is 6.17. The highest BCUT2D eigenvalue weighted by atomic mass is 35.5. The molecule has 1 aliphatic carbocycles. The molecule has 1 nitrogen and oxygen atoms in total. The molecule has 0 atom stereocenters. The van der Waals surface area contributed by atoms with E-state index in [-0.39, 0.29) is 0 Å². The van der Waals surface area contributed by atoms with Crippen LogP contribution in [0.25, 0.3) is 0 Å². The Labute approximate surface area is 109 Å². The summed E-state index contributed by atoms with van der Waals surface area (Å²) in [5.74, 6) is 1.56. The molecule has 2 heteroatoms. The molecule has 1 aliphatic rings. The van der Waals surface area contributed by atoms with E-state index in [0.717, 1.165) is 17.4 Å². The SMILES string of the molecule is CC1CCC(c2ccc(CCN)cc2Cl)CC1. The molecule has 1 aromatic rings. The van der Waals surface area contributed by atoms with Crippen LogP contribution in [0.4, 0.5) is 0 Å². The van der Waals surface area contributed by atoms with Gasteiger partial charge in [-0.15, -0.1) is 0 Å². The second-order valence-electron chi connectivity index (χ2n) is 5.35. The quantitative estimate of drug-likeness (QED) is 0.859. The van der Waals surface area contributed by atoms with Gasteiger partial charge in [0.05, 0.1) is 0 Å². The average Bonchev–Trinajstić information content (AvgIpc) is 2.31. The predicted molar refractivity (Wildman–Crippen MR) is 74.6 cm³/mol. The van der Waals surface area contributed by atoms with Crippen LogP contribution >= 0.6 is 11.6 Å². The van der Waals surface area contributed by atoms with Crippen molar-refractivity contribution in [1.82, 2.24) is 0 Å². The van der Waals surface area contributed by atoms with Gasteiger partial charge in [0.25, 0.3) is 0 Å². The van der Waals surface area contributed by atoms with Crippen LogP contribution in [-0.2, 0) is 6.42 Å². The van der Waals surface area contributed by atoms with Gasteiger partial charge in [-0.2, -0.15) is 0 Å². The minimum atomic E-state index is 0.672. The standard InChI is InChI=1S/C15H22ClN/c1-11-2-5-13(6-3-11)14-7-4-12(8-9-17)10-15(14)16/h4,7,10-11,13H,2-3,5-6,8-9,17H2,1H3. The fourth-order valence-electron chi connectivity index (χ4n) is 2.79. The van der Waals surface area contributed by atoms with Gasteiger partial charge in [0.2, 0.25) is 0 Å². The van der Waals surface area contributed by atoms with Crippen LogP contribution in [-0.4, -0.2) is 6.54 Å². The van der Waals surface area contributed by atoms with E-state index in [0.29, 0.717) is 12.5 Å². The van der Waals surface area contributed by atoms with Crippen molar-refractivity contribution in [2.75, 3.05) is 6.54 Å². The van der Waals surface area contributed by atoms with Gasteiger partial charge >= 0.3 is 0 Å². The van der Waals surface area contributed by atoms with E-state index in [1.54, 1.807) is 0 Å². The zero-order valence-electron chi connectivity index (χ0n) is 10.6. The lowest BCUT2D eigenvalue weighted by Gasteiger charge is -2.27. The van der Waals surface area contributed by atoms with E-state index < -0.39 is 0 Å². The van der Waals surface area contributed by atoms with Crippen molar-refractivity contribution in [2.45, 2.75) is 44.9 Å². The van der Waals surface area contributed by atoms with E-state index in [1.807, 2.05) is 0 Å². The van der Waals surface area contributed by atoms with Gasteiger partial charge in [-0.3, -0.25) is 0 Å². The molecule has 0 unspecified atom stereocenters. The second kappa shape index (κ2) is 5.88. The number of nitrogens with two attached hydrogens (primary N) is 1. The molecule has 0 aromatic heterocycles. The first kappa shape index (κ1) is 12.9. The summed E-state index contributed by atoms with van der Waals surface area (Å²) in [6.45, 7) is 3.04. The number of hydrogen-bond donors (Lipinski definition) is 1. The highest BCUT2D eigenvalue weighted by Crippen LogP contribution is 2.38. The Morgan fingerprint density at radius 2 is 1.94 bits per heavy atom. The summed E-state index contributed by atoms with van der Waals surface area (Å²) in [7, 11) is 0. The lowest BCUT2D eigenvalue weighted by molar-refractivity contribution is 0.348. The normalized spacial score (nSPS) is 24.9. The molecule has 0 amide bonds. The molecule has 0 spiro atoms. The largest absolute Gasteiger partial charge is 0.330 e. The van der Waals surface area contributed by atoms with Crippen molar-refractivity contribution < 1.29 is 0 Å². The summed E-state index contributed by atoms with van der Waals surface area (Å²) in [6, 6.07) is 6.50. The van der Waals surface area contributed by atoms with E-state index in [9.17, 15) is 0 Å². The maximum Gasteiger partial charge on any atom is 0.0443 e. The average molecular weight is 252 g/mol. The molecule has 1 saturated carbocycles. The third-order valence-electron chi connectivity index (χ3n) is 3.95. The summed E-state index contributed by atoms with van der Waals surface area (Å²) < 4.78 is 0. The molecular weight excluding hydrogens is 230 g/mol. The van der Waals surface area contributed by atoms with Crippen molar-refractivity contribution in [3.8, 4) is 0 Å². The molecule has 0 saturated heterocycles. The topological polar surface area (TPSA) is 26.0 Å². The first-order chi connectivity index (χ1) is 8.20. The van der Waals surface area contributed by atoms with Gasteiger partial charge in [-0.1, -0.05) is 43.5 Å². The Bertz CT molecular complexity index is 367. The summed E-state index contributed by atoms with van der Waals surface area (Å²) in [5, 5.41) is 0.940. The van der Waals surface area contributed by atoms with Crippen LogP contribution < -0.4 is 5.73 Å². The molecular formula is C15H22ClN. The van der Waals surface area contributed by atoms with Crippen LogP contribution in [0.3, 0.4) is 0 Å². The summed E-state index contributed by atoms with van der Waals surface area (Å²) in [5.41, 5.74) is 8.17. The molecule has 0 heterocycles. The predicted octanol–water partition coefficient (Wildman–Crippen LogP) is 4.13. The number of benzene rings is 1. The number of hydrogen-bond acceptors (Lipinski definition) is 1. The maximum absolute atomic E-state index is 6.39. The minimum Gasteiger partial charge on any atom is -0.330 e. The lowest BCUT2D eigenvalue weighted by atomic mass is 9.79. The fraction of sp³-hybridized carbons (Fsp3) is 0.600. The van der Waals surface area contributed by atoms with Crippen molar-refractivity contribution >= 4 is 11.6 Å². The molecule has 94 valence electrons. The Hall–Kier alpha value is -0.530. The van der Waals surface area contributed by atoms with Gasteiger partial charge in [0.15, 0.2) is 0 Å². The van der Waals surface area contributed by atoms with Gasteiger partial charge in [0.1, 0.15) is 0 Å². The Kier molecular flexibility index (Phi) is 4.47. The molecule has 2 rings (SSSR count). The van der Waals surface area contributed by atoms with Crippen LogP contribution in [0.15, 0.2) is 18.2 Å². The molecule has 17 heavy (non-hydrogen) atoms. The van der Waals surface area contributed by atoms with E-state index in [1.165, 1.54) is 36.8 Å². The highest BCUT2D eigenvalue weighted by molar-refractivity contribution is 6.31. The van der Waals surface area contributed by atoms with Crippen molar-refractivity contribution in [2.24, 2.45) is 11.7 Å². The Morgan fingerprint density at radius 3 is 2.53 bits per heavy atom. The molecule has 0 aliphatic heterocycles. The van der Waals surface area contributed by atoms with E-state index in [2.05, 4.69) is 25.1 Å². The monoisotopic (exact) mass is 251 g/mol.